The lowest BCUT2D eigenvalue weighted by molar-refractivity contribution is -0.870. The van der Waals surface area contributed by atoms with Crippen LogP contribution in [-0.4, -0.2) is 63.0 Å². The number of quaternary nitrogens is 1. The quantitative estimate of drug-likeness (QED) is 0.0885. The van der Waals surface area contributed by atoms with E-state index >= 15 is 0 Å². The molecule has 0 spiro atoms. The van der Waals surface area contributed by atoms with Gasteiger partial charge in [-0.05, 0) is 43.4 Å². The topological polar surface area (TPSA) is 57.2 Å². The monoisotopic (exact) mass is 548 g/mol. The van der Waals surface area contributed by atoms with Crippen LogP contribution in [0.15, 0.2) is 60.7 Å². The molecule has 0 aliphatic carbocycles. The molecule has 2 aromatic rings. The Kier molecular flexibility index (Phi) is 17.5. The third kappa shape index (κ3) is 17.9. The Morgan fingerprint density at radius 1 is 0.684 bits per heavy atom. The number of hydrogen-bond acceptors (Lipinski definition) is 5. The third-order valence-corrected chi connectivity index (χ3v) is 7.15. The number of likely N-dealkylation sites (N-methyl/N-ethyl adjacent to an activating group) is 1. The molecule has 0 saturated carbocycles. The molecule has 0 radical (unpaired) electrons. The van der Waals surface area contributed by atoms with Gasteiger partial charge < -0.3 is 27.9 Å². The van der Waals surface area contributed by atoms with Crippen molar-refractivity contribution in [3.05, 3.63) is 66.2 Å². The van der Waals surface area contributed by atoms with E-state index in [0.29, 0.717) is 19.8 Å². The molecule has 38 heavy (non-hydrogen) atoms. The van der Waals surface area contributed by atoms with Crippen LogP contribution in [0.5, 0.6) is 5.75 Å². The fourth-order valence-corrected chi connectivity index (χ4v) is 4.65. The van der Waals surface area contributed by atoms with Gasteiger partial charge in [0.1, 0.15) is 18.9 Å². The largest absolute Gasteiger partial charge is 0.494 e. The highest BCUT2D eigenvalue weighted by Gasteiger charge is 2.13. The summed E-state index contributed by atoms with van der Waals surface area (Å²) in [6.45, 7) is 3.26. The molecule has 2 aromatic carbocycles. The van der Waals surface area contributed by atoms with Gasteiger partial charge >= 0.3 is 8.60 Å². The lowest BCUT2D eigenvalue weighted by atomic mass is 10.0. The molecule has 2 rings (SSSR count). The summed E-state index contributed by atoms with van der Waals surface area (Å²) in [5.41, 5.74) is 1.20. The second kappa shape index (κ2) is 20.4. The van der Waals surface area contributed by atoms with Crippen molar-refractivity contribution in [1.82, 2.24) is 0 Å². The minimum Gasteiger partial charge on any atom is -0.494 e. The summed E-state index contributed by atoms with van der Waals surface area (Å²) in [4.78, 5) is 9.98. The van der Waals surface area contributed by atoms with Gasteiger partial charge in [0, 0.05) is 0 Å². The van der Waals surface area contributed by atoms with E-state index in [1.165, 1.54) is 44.1 Å². The summed E-state index contributed by atoms with van der Waals surface area (Å²) in [6.07, 6.45) is 11.6. The molecule has 0 aromatic heterocycles. The minimum absolute atomic E-state index is 0.206. The Balaban J connectivity index is 1.55. The van der Waals surface area contributed by atoms with Crippen molar-refractivity contribution < 1.29 is 27.9 Å². The highest BCUT2D eigenvalue weighted by Crippen LogP contribution is 2.33. The highest BCUT2D eigenvalue weighted by molar-refractivity contribution is 7.40. The first-order valence-electron chi connectivity index (χ1n) is 14.3. The fraction of sp³-hybridized carbons (Fsp3) is 0.613. The average molecular weight is 549 g/mol. The Morgan fingerprint density at radius 3 is 1.95 bits per heavy atom. The molecule has 6 nitrogen and oxygen atoms in total. The Labute approximate surface area is 232 Å². The van der Waals surface area contributed by atoms with E-state index in [0.717, 1.165) is 49.1 Å². The molecule has 0 heterocycles. The molecule has 1 N–H and O–H groups in total. The predicted molar refractivity (Wildman–Crippen MR) is 157 cm³/mol. The molecular weight excluding hydrogens is 497 g/mol. The maximum Gasteiger partial charge on any atom is 0.330 e. The van der Waals surface area contributed by atoms with E-state index in [9.17, 15) is 4.89 Å². The van der Waals surface area contributed by atoms with Gasteiger partial charge in [-0.1, -0.05) is 87.1 Å². The summed E-state index contributed by atoms with van der Waals surface area (Å²) in [5, 5.41) is 0. The maximum atomic E-state index is 9.98. The summed E-state index contributed by atoms with van der Waals surface area (Å²) in [7, 11) is 4.50. The van der Waals surface area contributed by atoms with Gasteiger partial charge in [0.15, 0.2) is 0 Å². The smallest absolute Gasteiger partial charge is 0.330 e. The van der Waals surface area contributed by atoms with Crippen LogP contribution in [0.3, 0.4) is 0 Å². The zero-order chi connectivity index (χ0) is 27.3. The van der Waals surface area contributed by atoms with E-state index in [1.54, 1.807) is 0 Å². The van der Waals surface area contributed by atoms with Crippen molar-refractivity contribution in [2.24, 2.45) is 0 Å². The number of nitrogens with zero attached hydrogens (tertiary/aromatic N) is 1. The molecule has 7 heteroatoms. The molecule has 0 bridgehead atoms. The molecular formula is C31H51NO5P+. The van der Waals surface area contributed by atoms with E-state index in [4.69, 9.17) is 18.5 Å². The van der Waals surface area contributed by atoms with Crippen molar-refractivity contribution in [1.29, 1.82) is 0 Å². The Morgan fingerprint density at radius 2 is 1.26 bits per heavy atom. The third-order valence-electron chi connectivity index (χ3n) is 6.35. The van der Waals surface area contributed by atoms with Gasteiger partial charge in [-0.25, -0.2) is 0 Å². The standard InChI is InChI=1S/C31H51NO5P/c1-32(2,3)24-27-37-38(33)36-26-17-23-31(35-28-29-18-11-9-12-19-29)22-13-7-5-4-6-8-16-25-34-30-20-14-10-15-21-30/h9-12,14-15,18-21,31,33H,4-8,13,16-17,22-28H2,1-3H3/q+1. The summed E-state index contributed by atoms with van der Waals surface area (Å²) >= 11 is 0. The van der Waals surface area contributed by atoms with Crippen molar-refractivity contribution in [3.63, 3.8) is 0 Å². The van der Waals surface area contributed by atoms with Crippen LogP contribution < -0.4 is 4.74 Å². The first-order chi connectivity index (χ1) is 18.4. The van der Waals surface area contributed by atoms with Gasteiger partial charge in [0.25, 0.3) is 0 Å². The Hall–Kier alpha value is -1.53. The molecule has 0 amide bonds. The summed E-state index contributed by atoms with van der Waals surface area (Å²) < 4.78 is 23.8. The SMILES string of the molecule is C[N+](C)(C)CCOP(O)OCCCC(CCCCCCCCCOc1ccccc1)OCc1ccccc1. The molecule has 0 aliphatic rings. The molecule has 214 valence electrons. The molecule has 0 fully saturated rings. The number of benzene rings is 2. The van der Waals surface area contributed by atoms with Crippen LogP contribution in [0.1, 0.15) is 69.8 Å². The molecule has 2 atom stereocenters. The lowest BCUT2D eigenvalue weighted by Crippen LogP contribution is -2.37. The number of hydrogen-bond donors (Lipinski definition) is 1. The second-order valence-corrected chi connectivity index (χ2v) is 11.9. The van der Waals surface area contributed by atoms with E-state index in [1.807, 2.05) is 36.4 Å². The van der Waals surface area contributed by atoms with Gasteiger partial charge in [-0.15, -0.1) is 0 Å². The zero-order valence-corrected chi connectivity index (χ0v) is 24.8. The Bertz CT molecular complexity index is 803. The van der Waals surface area contributed by atoms with Crippen LogP contribution in [0, 0.1) is 0 Å². The number of ether oxygens (including phenoxy) is 2. The van der Waals surface area contributed by atoms with E-state index in [-0.39, 0.29) is 6.10 Å². The van der Waals surface area contributed by atoms with Gasteiger partial charge in [0.05, 0.1) is 47.1 Å². The zero-order valence-electron chi connectivity index (χ0n) is 23.9. The average Bonchev–Trinajstić information content (AvgIpc) is 2.90. The van der Waals surface area contributed by atoms with Crippen molar-refractivity contribution >= 4 is 8.60 Å². The molecule has 0 saturated heterocycles. The summed E-state index contributed by atoms with van der Waals surface area (Å²) in [6, 6.07) is 20.4. The van der Waals surface area contributed by atoms with Crippen molar-refractivity contribution in [2.75, 3.05) is 47.5 Å². The van der Waals surface area contributed by atoms with Crippen molar-refractivity contribution in [3.8, 4) is 5.75 Å². The second-order valence-electron chi connectivity index (χ2n) is 10.9. The predicted octanol–water partition coefficient (Wildman–Crippen LogP) is 7.51. The van der Waals surface area contributed by atoms with Crippen LogP contribution >= 0.6 is 8.60 Å². The van der Waals surface area contributed by atoms with Crippen LogP contribution in [0.25, 0.3) is 0 Å². The van der Waals surface area contributed by atoms with Crippen LogP contribution in [0.2, 0.25) is 0 Å². The first kappa shape index (κ1) is 32.7. The van der Waals surface area contributed by atoms with Gasteiger partial charge in [0.2, 0.25) is 0 Å². The summed E-state index contributed by atoms with van der Waals surface area (Å²) in [5.74, 6) is 0.962. The lowest BCUT2D eigenvalue weighted by Gasteiger charge is -2.24. The van der Waals surface area contributed by atoms with Crippen LogP contribution in [0.4, 0.5) is 0 Å². The molecule has 0 aliphatic heterocycles. The fourth-order valence-electron chi connectivity index (χ4n) is 4.05. The number of unbranched alkanes of at least 4 members (excludes halogenated alkanes) is 6. The van der Waals surface area contributed by atoms with Crippen LogP contribution in [-0.2, 0) is 20.4 Å². The van der Waals surface area contributed by atoms with Gasteiger partial charge in [-0.3, -0.25) is 0 Å². The van der Waals surface area contributed by atoms with Gasteiger partial charge in [-0.2, -0.15) is 0 Å². The minimum atomic E-state index is -1.80. The first-order valence-corrected chi connectivity index (χ1v) is 15.4. The number of para-hydroxylation sites is 1. The van der Waals surface area contributed by atoms with E-state index < -0.39 is 8.60 Å². The van der Waals surface area contributed by atoms with Crippen molar-refractivity contribution in [2.45, 2.75) is 76.9 Å². The van der Waals surface area contributed by atoms with E-state index in [2.05, 4.69) is 45.4 Å². The maximum absolute atomic E-state index is 9.98. The number of rotatable bonds is 23. The highest BCUT2D eigenvalue weighted by atomic mass is 31.2. The normalized spacial score (nSPS) is 13.4. The molecule has 2 unspecified atom stereocenters.